The summed E-state index contributed by atoms with van der Waals surface area (Å²) in [6.07, 6.45) is 3.99. The van der Waals surface area contributed by atoms with Crippen LogP contribution in [0.15, 0.2) is 46.9 Å². The average molecular weight is 410 g/mol. The Bertz CT molecular complexity index is 1040. The Labute approximate surface area is 175 Å². The van der Waals surface area contributed by atoms with Crippen LogP contribution in [0.3, 0.4) is 0 Å². The molecule has 2 aliphatic rings. The van der Waals surface area contributed by atoms with Crippen LogP contribution in [-0.4, -0.2) is 42.0 Å². The maximum atomic E-state index is 13.0. The van der Waals surface area contributed by atoms with Crippen LogP contribution < -0.4 is 4.90 Å². The third kappa shape index (κ3) is 3.77. The van der Waals surface area contributed by atoms with E-state index in [2.05, 4.69) is 28.1 Å². The molecule has 0 bridgehead atoms. The predicted octanol–water partition coefficient (Wildman–Crippen LogP) is 4.64. The molecule has 3 heterocycles. The second-order valence-corrected chi connectivity index (χ2v) is 8.43. The highest BCUT2D eigenvalue weighted by Gasteiger charge is 2.28. The quantitative estimate of drug-likeness (QED) is 0.632. The van der Waals surface area contributed by atoms with Crippen molar-refractivity contribution in [1.29, 1.82) is 0 Å². The van der Waals surface area contributed by atoms with Gasteiger partial charge in [0.15, 0.2) is 11.5 Å². The third-order valence-corrected chi connectivity index (χ3v) is 6.31. The lowest BCUT2D eigenvalue weighted by Crippen LogP contribution is -2.45. The van der Waals surface area contributed by atoms with E-state index in [1.165, 1.54) is 5.56 Å². The van der Waals surface area contributed by atoms with Crippen LogP contribution in [0.5, 0.6) is 0 Å². The molecule has 6 heteroatoms. The van der Waals surface area contributed by atoms with Gasteiger partial charge in [-0.1, -0.05) is 29.8 Å². The molecule has 3 aromatic rings. The number of carbonyl (C=O) groups excluding carboxylic acids is 1. The number of hydrogen-bond acceptors (Lipinski definition) is 4. The van der Waals surface area contributed by atoms with E-state index in [1.807, 2.05) is 29.2 Å². The van der Waals surface area contributed by atoms with Gasteiger partial charge in [0.1, 0.15) is 5.52 Å². The van der Waals surface area contributed by atoms with Crippen molar-refractivity contribution in [2.24, 2.45) is 0 Å². The van der Waals surface area contributed by atoms with Gasteiger partial charge in [-0.2, -0.15) is 0 Å². The summed E-state index contributed by atoms with van der Waals surface area (Å²) in [5.74, 6) is 1.29. The first-order valence-electron chi connectivity index (χ1n) is 10.3. The fourth-order valence-electron chi connectivity index (χ4n) is 4.50. The zero-order valence-corrected chi connectivity index (χ0v) is 17.1. The Morgan fingerprint density at radius 2 is 1.97 bits per heavy atom. The van der Waals surface area contributed by atoms with E-state index in [1.54, 1.807) is 0 Å². The van der Waals surface area contributed by atoms with Crippen molar-refractivity contribution in [3.8, 4) is 0 Å². The predicted molar refractivity (Wildman–Crippen MR) is 115 cm³/mol. The molecule has 29 heavy (non-hydrogen) atoms. The third-order valence-electron chi connectivity index (χ3n) is 6.07. The SMILES string of the molecule is O=C(CN1CCC(c2nc3cc(Cl)ccc3o2)CC1)N1CCCc2ccccc21. The van der Waals surface area contributed by atoms with Crippen LogP contribution in [0.2, 0.25) is 5.02 Å². The number of likely N-dealkylation sites (tertiary alicyclic amines) is 1. The molecule has 0 unspecified atom stereocenters. The first-order chi connectivity index (χ1) is 14.2. The van der Waals surface area contributed by atoms with E-state index in [0.29, 0.717) is 17.5 Å². The average Bonchev–Trinajstić information content (AvgIpc) is 3.17. The molecule has 2 aromatic carbocycles. The van der Waals surface area contributed by atoms with Crippen molar-refractivity contribution in [2.75, 3.05) is 31.1 Å². The fourth-order valence-corrected chi connectivity index (χ4v) is 4.67. The van der Waals surface area contributed by atoms with Gasteiger partial charge in [0.25, 0.3) is 0 Å². The number of aryl methyl sites for hydroxylation is 1. The van der Waals surface area contributed by atoms with Gasteiger partial charge in [0.2, 0.25) is 5.91 Å². The number of amides is 1. The molecular formula is C23H24ClN3O2. The summed E-state index contributed by atoms with van der Waals surface area (Å²) >= 11 is 6.05. The van der Waals surface area contributed by atoms with Crippen molar-refractivity contribution >= 4 is 34.3 Å². The highest BCUT2D eigenvalue weighted by Crippen LogP contribution is 2.31. The number of oxazole rings is 1. The van der Waals surface area contributed by atoms with Crippen LogP contribution in [0.25, 0.3) is 11.1 Å². The summed E-state index contributed by atoms with van der Waals surface area (Å²) < 4.78 is 5.95. The number of hydrogen-bond donors (Lipinski definition) is 0. The standard InChI is InChI=1S/C23H24ClN3O2/c24-18-7-8-21-19(14-18)25-23(29-21)17-9-12-26(13-10-17)15-22(28)27-11-3-5-16-4-1-2-6-20(16)27/h1-2,4,6-8,14,17H,3,5,9-13,15H2. The first-order valence-corrected chi connectivity index (χ1v) is 10.7. The van der Waals surface area contributed by atoms with E-state index < -0.39 is 0 Å². The highest BCUT2D eigenvalue weighted by atomic mass is 35.5. The lowest BCUT2D eigenvalue weighted by Gasteiger charge is -2.34. The molecule has 1 saturated heterocycles. The summed E-state index contributed by atoms with van der Waals surface area (Å²) in [5, 5.41) is 0.671. The van der Waals surface area contributed by atoms with Gasteiger partial charge in [-0.3, -0.25) is 9.69 Å². The second-order valence-electron chi connectivity index (χ2n) is 7.99. The maximum Gasteiger partial charge on any atom is 0.241 e. The normalized spacial score (nSPS) is 18.2. The van der Waals surface area contributed by atoms with E-state index in [-0.39, 0.29) is 5.91 Å². The number of halogens is 1. The number of nitrogens with zero attached hydrogens (tertiary/aromatic N) is 3. The molecule has 1 aromatic heterocycles. The summed E-state index contributed by atoms with van der Waals surface area (Å²) in [5.41, 5.74) is 3.96. The molecule has 1 fully saturated rings. The van der Waals surface area contributed by atoms with Crippen molar-refractivity contribution < 1.29 is 9.21 Å². The molecule has 0 aliphatic carbocycles. The molecule has 0 spiro atoms. The van der Waals surface area contributed by atoms with Gasteiger partial charge in [0.05, 0.1) is 6.54 Å². The molecule has 5 rings (SSSR count). The molecular weight excluding hydrogens is 386 g/mol. The number of para-hydroxylation sites is 1. The molecule has 0 saturated carbocycles. The van der Waals surface area contributed by atoms with E-state index in [0.717, 1.165) is 68.0 Å². The number of piperidine rings is 1. The Kier molecular flexibility index (Phi) is 5.02. The molecule has 1 amide bonds. The minimum absolute atomic E-state index is 0.201. The minimum Gasteiger partial charge on any atom is -0.440 e. The molecule has 150 valence electrons. The summed E-state index contributed by atoms with van der Waals surface area (Å²) in [6.45, 7) is 3.05. The van der Waals surface area contributed by atoms with Gasteiger partial charge >= 0.3 is 0 Å². The summed E-state index contributed by atoms with van der Waals surface area (Å²) in [6, 6.07) is 13.8. The topological polar surface area (TPSA) is 49.6 Å². The number of carbonyl (C=O) groups is 1. The van der Waals surface area contributed by atoms with Gasteiger partial charge in [0, 0.05) is 23.2 Å². The molecule has 0 N–H and O–H groups in total. The van der Waals surface area contributed by atoms with Crippen molar-refractivity contribution in [3.05, 3.63) is 58.9 Å². The maximum absolute atomic E-state index is 13.0. The van der Waals surface area contributed by atoms with E-state index >= 15 is 0 Å². The highest BCUT2D eigenvalue weighted by molar-refractivity contribution is 6.31. The minimum atomic E-state index is 0.201. The van der Waals surface area contributed by atoms with Crippen LogP contribution in [-0.2, 0) is 11.2 Å². The van der Waals surface area contributed by atoms with Crippen molar-refractivity contribution in [3.63, 3.8) is 0 Å². The molecule has 2 aliphatic heterocycles. The molecule has 0 atom stereocenters. The van der Waals surface area contributed by atoms with E-state index in [4.69, 9.17) is 16.0 Å². The van der Waals surface area contributed by atoms with Crippen LogP contribution in [0, 0.1) is 0 Å². The monoisotopic (exact) mass is 409 g/mol. The Morgan fingerprint density at radius 1 is 1.14 bits per heavy atom. The Balaban J connectivity index is 1.21. The second kappa shape index (κ2) is 7.81. The Hall–Kier alpha value is -2.37. The van der Waals surface area contributed by atoms with E-state index in [9.17, 15) is 4.79 Å². The van der Waals surface area contributed by atoms with Crippen LogP contribution >= 0.6 is 11.6 Å². The van der Waals surface area contributed by atoms with Gasteiger partial charge in [-0.25, -0.2) is 4.98 Å². The lowest BCUT2D eigenvalue weighted by atomic mass is 9.96. The molecule has 5 nitrogen and oxygen atoms in total. The van der Waals surface area contributed by atoms with Crippen molar-refractivity contribution in [1.82, 2.24) is 9.88 Å². The smallest absolute Gasteiger partial charge is 0.241 e. The van der Waals surface area contributed by atoms with Crippen molar-refractivity contribution in [2.45, 2.75) is 31.6 Å². The van der Waals surface area contributed by atoms with Crippen LogP contribution in [0.4, 0.5) is 5.69 Å². The summed E-state index contributed by atoms with van der Waals surface area (Å²) in [4.78, 5) is 21.8. The fraction of sp³-hybridized carbons (Fsp3) is 0.391. The first kappa shape index (κ1) is 18.6. The van der Waals surface area contributed by atoms with Gasteiger partial charge in [-0.05, 0) is 68.6 Å². The number of fused-ring (bicyclic) bond motifs is 2. The number of anilines is 1. The largest absolute Gasteiger partial charge is 0.440 e. The zero-order valence-electron chi connectivity index (χ0n) is 16.3. The Morgan fingerprint density at radius 3 is 2.83 bits per heavy atom. The van der Waals surface area contributed by atoms with Crippen LogP contribution in [0.1, 0.15) is 36.6 Å². The summed E-state index contributed by atoms with van der Waals surface area (Å²) in [7, 11) is 0. The number of aromatic nitrogens is 1. The number of rotatable bonds is 3. The lowest BCUT2D eigenvalue weighted by molar-refractivity contribution is -0.120. The van der Waals surface area contributed by atoms with Gasteiger partial charge in [-0.15, -0.1) is 0 Å². The van der Waals surface area contributed by atoms with Gasteiger partial charge < -0.3 is 9.32 Å². The number of benzene rings is 2. The zero-order chi connectivity index (χ0) is 19.8. The molecule has 0 radical (unpaired) electrons.